The highest BCUT2D eigenvalue weighted by Gasteiger charge is 2.16. The molecule has 0 radical (unpaired) electrons. The summed E-state index contributed by atoms with van der Waals surface area (Å²) in [5.41, 5.74) is 1.91. The van der Waals surface area contributed by atoms with Crippen LogP contribution in [0.3, 0.4) is 0 Å². The fourth-order valence-corrected chi connectivity index (χ4v) is 2.14. The van der Waals surface area contributed by atoms with Crippen molar-refractivity contribution in [2.24, 2.45) is 0 Å². The highest BCUT2D eigenvalue weighted by atomic mass is 16.4. The van der Waals surface area contributed by atoms with Crippen LogP contribution in [0.5, 0.6) is 0 Å². The van der Waals surface area contributed by atoms with Crippen molar-refractivity contribution in [3.8, 4) is 5.95 Å². The van der Waals surface area contributed by atoms with Gasteiger partial charge in [0.05, 0.1) is 23.0 Å². The van der Waals surface area contributed by atoms with Gasteiger partial charge in [0.2, 0.25) is 5.95 Å². The summed E-state index contributed by atoms with van der Waals surface area (Å²) in [7, 11) is 0. The second-order valence-electron chi connectivity index (χ2n) is 4.50. The van der Waals surface area contributed by atoms with Crippen molar-refractivity contribution in [1.29, 1.82) is 0 Å². The number of hydrogen-bond acceptors (Lipinski definition) is 3. The minimum absolute atomic E-state index is 0.234. The number of aromatic amines is 2. The van der Waals surface area contributed by atoms with E-state index in [1.54, 1.807) is 6.92 Å². The van der Waals surface area contributed by atoms with Crippen LogP contribution in [0.4, 0.5) is 0 Å². The lowest BCUT2D eigenvalue weighted by Crippen LogP contribution is -2.20. The number of H-pyrrole nitrogens is 2. The Morgan fingerprint density at radius 1 is 1.40 bits per heavy atom. The SMILES string of the molecule is Cc1[nH]n(-c2nc3ccccc3[nH]2)c(=O)c1CC(=O)O. The highest BCUT2D eigenvalue weighted by Crippen LogP contribution is 2.12. The summed E-state index contributed by atoms with van der Waals surface area (Å²) in [5, 5.41) is 11.7. The van der Waals surface area contributed by atoms with Gasteiger partial charge in [-0.15, -0.1) is 0 Å². The maximum atomic E-state index is 12.2. The number of carboxylic acid groups (broad SMARTS) is 1. The normalized spacial score (nSPS) is 11.1. The predicted octanol–water partition coefficient (Wildman–Crippen LogP) is 0.977. The van der Waals surface area contributed by atoms with E-state index in [9.17, 15) is 9.59 Å². The summed E-state index contributed by atoms with van der Waals surface area (Å²) in [4.78, 5) is 30.3. The fraction of sp³-hybridized carbons (Fsp3) is 0.154. The third-order valence-corrected chi connectivity index (χ3v) is 3.11. The highest BCUT2D eigenvalue weighted by molar-refractivity contribution is 5.76. The van der Waals surface area contributed by atoms with Gasteiger partial charge in [-0.1, -0.05) is 12.1 Å². The summed E-state index contributed by atoms with van der Waals surface area (Å²) in [6.45, 7) is 1.67. The summed E-state index contributed by atoms with van der Waals surface area (Å²) in [6, 6.07) is 7.40. The summed E-state index contributed by atoms with van der Waals surface area (Å²) in [6.07, 6.45) is -0.311. The molecule has 7 nitrogen and oxygen atoms in total. The van der Waals surface area contributed by atoms with Gasteiger partial charge in [-0.3, -0.25) is 14.7 Å². The van der Waals surface area contributed by atoms with Gasteiger partial charge in [0.25, 0.3) is 5.56 Å². The number of fused-ring (bicyclic) bond motifs is 1. The van der Waals surface area contributed by atoms with Gasteiger partial charge in [0.1, 0.15) is 0 Å². The zero-order chi connectivity index (χ0) is 14.3. The zero-order valence-corrected chi connectivity index (χ0v) is 10.7. The Labute approximate surface area is 112 Å². The molecular formula is C13H12N4O3. The Balaban J connectivity index is 2.15. The second kappa shape index (κ2) is 4.37. The van der Waals surface area contributed by atoms with Crippen molar-refractivity contribution in [1.82, 2.24) is 19.7 Å². The Hall–Kier alpha value is -2.83. The number of benzene rings is 1. The molecule has 0 aliphatic heterocycles. The molecule has 0 aliphatic rings. The molecule has 102 valence electrons. The average Bonchev–Trinajstić information content (AvgIpc) is 2.94. The Morgan fingerprint density at radius 3 is 2.85 bits per heavy atom. The first-order chi connectivity index (χ1) is 9.56. The minimum atomic E-state index is -1.04. The van der Waals surface area contributed by atoms with E-state index < -0.39 is 11.5 Å². The Kier molecular flexibility index (Phi) is 2.67. The van der Waals surface area contributed by atoms with Crippen molar-refractivity contribution in [3.63, 3.8) is 0 Å². The number of para-hydroxylation sites is 2. The molecule has 0 amide bonds. The number of hydrogen-bond donors (Lipinski definition) is 3. The number of aryl methyl sites for hydroxylation is 1. The number of imidazole rings is 1. The van der Waals surface area contributed by atoms with Crippen molar-refractivity contribution >= 4 is 17.0 Å². The number of aromatic nitrogens is 4. The topological polar surface area (TPSA) is 104 Å². The van der Waals surface area contributed by atoms with Gasteiger partial charge in [0.15, 0.2) is 0 Å². The van der Waals surface area contributed by atoms with E-state index in [0.29, 0.717) is 11.6 Å². The molecule has 0 unspecified atom stereocenters. The van der Waals surface area contributed by atoms with E-state index in [1.165, 1.54) is 4.68 Å². The van der Waals surface area contributed by atoms with Crippen molar-refractivity contribution in [2.45, 2.75) is 13.3 Å². The van der Waals surface area contributed by atoms with Gasteiger partial charge in [-0.2, -0.15) is 4.68 Å². The molecule has 1 aromatic carbocycles. The average molecular weight is 272 g/mol. The third kappa shape index (κ3) is 1.89. The molecule has 2 heterocycles. The lowest BCUT2D eigenvalue weighted by molar-refractivity contribution is -0.136. The van der Waals surface area contributed by atoms with Crippen LogP contribution in [0.1, 0.15) is 11.3 Å². The summed E-state index contributed by atoms with van der Waals surface area (Å²) in [5.74, 6) is -0.697. The van der Waals surface area contributed by atoms with Crippen LogP contribution in [0, 0.1) is 6.92 Å². The van der Waals surface area contributed by atoms with Gasteiger partial charge < -0.3 is 10.1 Å². The number of carboxylic acids is 1. The molecule has 20 heavy (non-hydrogen) atoms. The number of aliphatic carboxylic acids is 1. The lowest BCUT2D eigenvalue weighted by Gasteiger charge is -1.93. The van der Waals surface area contributed by atoms with Crippen LogP contribution < -0.4 is 5.56 Å². The van der Waals surface area contributed by atoms with Crippen LogP contribution in [0.2, 0.25) is 0 Å². The maximum absolute atomic E-state index is 12.2. The fourth-order valence-electron chi connectivity index (χ4n) is 2.14. The number of nitrogens with one attached hydrogen (secondary N) is 2. The molecule has 7 heteroatoms. The number of carbonyl (C=O) groups is 1. The second-order valence-corrected chi connectivity index (χ2v) is 4.50. The van der Waals surface area contributed by atoms with E-state index in [2.05, 4.69) is 15.1 Å². The number of rotatable bonds is 3. The minimum Gasteiger partial charge on any atom is -0.481 e. The molecule has 3 aromatic rings. The first kappa shape index (κ1) is 12.2. The Morgan fingerprint density at radius 2 is 2.15 bits per heavy atom. The standard InChI is InChI=1S/C13H12N4O3/c1-7-8(6-11(18)19)12(20)17(16-7)13-14-9-4-2-3-5-10(9)15-13/h2-5,16H,6H2,1H3,(H,14,15)(H,18,19). The molecule has 0 atom stereocenters. The Bertz CT molecular complexity index is 823. The molecule has 0 spiro atoms. The van der Waals surface area contributed by atoms with E-state index in [-0.39, 0.29) is 12.0 Å². The molecule has 0 bridgehead atoms. The first-order valence-corrected chi connectivity index (χ1v) is 6.03. The van der Waals surface area contributed by atoms with E-state index in [4.69, 9.17) is 5.11 Å². The van der Waals surface area contributed by atoms with Gasteiger partial charge in [-0.05, 0) is 19.1 Å². The molecular weight excluding hydrogens is 260 g/mol. The summed E-state index contributed by atoms with van der Waals surface area (Å²) < 4.78 is 1.23. The van der Waals surface area contributed by atoms with Gasteiger partial charge >= 0.3 is 5.97 Å². The first-order valence-electron chi connectivity index (χ1n) is 6.03. The molecule has 0 fully saturated rings. The smallest absolute Gasteiger partial charge is 0.308 e. The molecule has 3 N–H and O–H groups in total. The van der Waals surface area contributed by atoms with E-state index in [0.717, 1.165) is 11.0 Å². The molecule has 3 rings (SSSR count). The summed E-state index contributed by atoms with van der Waals surface area (Å²) >= 11 is 0. The van der Waals surface area contributed by atoms with Crippen molar-refractivity contribution in [3.05, 3.63) is 45.9 Å². The van der Waals surface area contributed by atoms with Crippen LogP contribution in [0.25, 0.3) is 17.0 Å². The monoisotopic (exact) mass is 272 g/mol. The van der Waals surface area contributed by atoms with Gasteiger partial charge in [-0.25, -0.2) is 4.98 Å². The molecule has 0 aliphatic carbocycles. The van der Waals surface area contributed by atoms with E-state index >= 15 is 0 Å². The van der Waals surface area contributed by atoms with Crippen molar-refractivity contribution in [2.75, 3.05) is 0 Å². The third-order valence-electron chi connectivity index (χ3n) is 3.11. The molecule has 0 saturated carbocycles. The van der Waals surface area contributed by atoms with Crippen LogP contribution in [-0.2, 0) is 11.2 Å². The molecule has 0 saturated heterocycles. The van der Waals surface area contributed by atoms with Gasteiger partial charge in [0, 0.05) is 5.69 Å². The zero-order valence-electron chi connectivity index (χ0n) is 10.7. The van der Waals surface area contributed by atoms with Crippen LogP contribution >= 0.6 is 0 Å². The maximum Gasteiger partial charge on any atom is 0.308 e. The van der Waals surface area contributed by atoms with E-state index in [1.807, 2.05) is 24.3 Å². The lowest BCUT2D eigenvalue weighted by atomic mass is 10.2. The van der Waals surface area contributed by atoms with Crippen LogP contribution in [-0.4, -0.2) is 30.8 Å². The quantitative estimate of drug-likeness (QED) is 0.661. The molecule has 2 aromatic heterocycles. The predicted molar refractivity (Wildman–Crippen MR) is 72.1 cm³/mol. The van der Waals surface area contributed by atoms with Crippen molar-refractivity contribution < 1.29 is 9.90 Å². The largest absolute Gasteiger partial charge is 0.481 e. The van der Waals surface area contributed by atoms with Crippen LogP contribution in [0.15, 0.2) is 29.1 Å². The number of nitrogens with zero attached hydrogens (tertiary/aromatic N) is 2.